The van der Waals surface area contributed by atoms with Crippen molar-refractivity contribution in [3.8, 4) is 0 Å². The summed E-state index contributed by atoms with van der Waals surface area (Å²) in [5.74, 6) is 0. The quantitative estimate of drug-likeness (QED) is 0.788. The fourth-order valence-electron chi connectivity index (χ4n) is 1.31. The van der Waals surface area contributed by atoms with Crippen LogP contribution in [0.1, 0.15) is 20.8 Å². The molecule has 1 rings (SSSR count). The number of alkyl halides is 3. The molecule has 1 heterocycles. The topological polar surface area (TPSA) is 56.1 Å². The predicted molar refractivity (Wildman–Crippen MR) is 74.2 cm³/mol. The molecule has 0 saturated carbocycles. The van der Waals surface area contributed by atoms with Crippen LogP contribution in [-0.2, 0) is 11.3 Å². The zero-order valence-electron chi connectivity index (χ0n) is 11.2. The Hall–Kier alpha value is -1.00. The molecule has 0 fully saturated rings. The van der Waals surface area contributed by atoms with Gasteiger partial charge in [-0.1, -0.05) is 0 Å². The zero-order valence-corrected chi connectivity index (χ0v) is 13.3. The molecule has 0 aliphatic carbocycles. The average molecular weight is 405 g/mol. The van der Waals surface area contributed by atoms with Crippen LogP contribution in [0.5, 0.6) is 0 Å². The molecule has 9 heteroatoms. The van der Waals surface area contributed by atoms with Crippen molar-refractivity contribution in [3.63, 3.8) is 0 Å². The molecular weight excluding hydrogens is 390 g/mol. The van der Waals surface area contributed by atoms with E-state index in [0.717, 1.165) is 4.68 Å². The number of carbonyl (C=O) groups excluding carboxylic acids is 1. The van der Waals surface area contributed by atoms with Gasteiger partial charge in [0.25, 0.3) is 0 Å². The van der Waals surface area contributed by atoms with E-state index in [1.165, 1.54) is 6.20 Å². The maximum Gasteiger partial charge on any atom is 0.410 e. The van der Waals surface area contributed by atoms with E-state index in [1.807, 2.05) is 27.9 Å². The Balaban J connectivity index is 2.73. The van der Waals surface area contributed by atoms with Crippen LogP contribution in [0.4, 0.5) is 18.0 Å². The molecule has 114 valence electrons. The first-order valence-corrected chi connectivity index (χ1v) is 6.80. The van der Waals surface area contributed by atoms with Gasteiger partial charge in [0.15, 0.2) is 0 Å². The summed E-state index contributed by atoms with van der Waals surface area (Å²) in [7, 11) is 0. The van der Waals surface area contributed by atoms with Gasteiger partial charge in [0.05, 0.1) is 6.54 Å². The van der Waals surface area contributed by atoms with E-state index in [2.05, 4.69) is 5.10 Å². The van der Waals surface area contributed by atoms with E-state index >= 15 is 0 Å². The minimum absolute atomic E-state index is 0.508. The minimum Gasteiger partial charge on any atom is -0.444 e. The van der Waals surface area contributed by atoms with Crippen molar-refractivity contribution >= 4 is 28.7 Å². The number of rotatable bonds is 3. The van der Waals surface area contributed by atoms with Gasteiger partial charge in [-0.15, -0.1) is 0 Å². The molecule has 20 heavy (non-hydrogen) atoms. The molecule has 0 aliphatic heterocycles. The molecule has 0 spiro atoms. The molecule has 1 aromatic rings. The van der Waals surface area contributed by atoms with Gasteiger partial charge in [-0.2, -0.15) is 18.3 Å². The van der Waals surface area contributed by atoms with E-state index < -0.39 is 30.5 Å². The largest absolute Gasteiger partial charge is 0.444 e. The van der Waals surface area contributed by atoms with Gasteiger partial charge in [0.2, 0.25) is 0 Å². The first kappa shape index (κ1) is 17.1. The second-order valence-corrected chi connectivity index (χ2v) is 6.21. The highest BCUT2D eigenvalue weighted by Crippen LogP contribution is 2.22. The van der Waals surface area contributed by atoms with Gasteiger partial charge in [-0.25, -0.2) is 4.79 Å². The minimum atomic E-state index is -4.59. The maximum atomic E-state index is 12.9. The van der Waals surface area contributed by atoms with E-state index in [0.29, 0.717) is 3.70 Å². The number of alkyl carbamates (subject to hydrolysis) is 1. The van der Waals surface area contributed by atoms with Gasteiger partial charge in [-0.3, -0.25) is 4.68 Å². The average Bonchev–Trinajstić information content (AvgIpc) is 2.58. The lowest BCUT2D eigenvalue weighted by molar-refractivity contribution is -0.158. The summed E-state index contributed by atoms with van der Waals surface area (Å²) in [4.78, 5) is 11.4. The van der Waals surface area contributed by atoms with Crippen LogP contribution in [0.25, 0.3) is 0 Å². The van der Waals surface area contributed by atoms with Crippen molar-refractivity contribution in [1.29, 1.82) is 0 Å². The summed E-state index contributed by atoms with van der Waals surface area (Å²) in [6.45, 7) is 4.22. The fourth-order valence-corrected chi connectivity index (χ4v) is 1.74. The third kappa shape index (κ3) is 5.97. The summed E-state index contributed by atoms with van der Waals surface area (Å²) in [5, 5.41) is 5.68. The summed E-state index contributed by atoms with van der Waals surface area (Å²) in [6, 6.07) is -0.491. The molecule has 1 aromatic heterocycles. The van der Waals surface area contributed by atoms with Gasteiger partial charge in [-0.05, 0) is 49.4 Å². The van der Waals surface area contributed by atoms with Crippen molar-refractivity contribution in [3.05, 3.63) is 16.0 Å². The first-order chi connectivity index (χ1) is 8.97. The SMILES string of the molecule is CC(C)(C)OC(=O)NC(Cn1ccc(I)n1)C(F)(F)F. The molecule has 1 amide bonds. The van der Waals surface area contributed by atoms with Crippen LogP contribution in [0.3, 0.4) is 0 Å². The number of nitrogens with one attached hydrogen (secondary N) is 1. The van der Waals surface area contributed by atoms with Crippen LogP contribution in [0, 0.1) is 3.70 Å². The highest BCUT2D eigenvalue weighted by molar-refractivity contribution is 14.1. The second-order valence-electron chi connectivity index (χ2n) is 5.10. The van der Waals surface area contributed by atoms with E-state index in [-0.39, 0.29) is 0 Å². The van der Waals surface area contributed by atoms with E-state index in [9.17, 15) is 18.0 Å². The molecule has 1 N–H and O–H groups in total. The van der Waals surface area contributed by atoms with Crippen molar-refractivity contribution in [1.82, 2.24) is 15.1 Å². The highest BCUT2D eigenvalue weighted by Gasteiger charge is 2.41. The Kier molecular flexibility index (Phi) is 5.27. The van der Waals surface area contributed by atoms with Crippen LogP contribution in [-0.4, -0.2) is 33.7 Å². The Morgan fingerprint density at radius 1 is 1.50 bits per heavy atom. The number of halogens is 4. The first-order valence-electron chi connectivity index (χ1n) is 5.72. The summed E-state index contributed by atoms with van der Waals surface area (Å²) < 4.78 is 45.2. The molecule has 0 saturated heterocycles. The molecule has 0 radical (unpaired) electrons. The van der Waals surface area contributed by atoms with Crippen molar-refractivity contribution in [2.24, 2.45) is 0 Å². The Morgan fingerprint density at radius 2 is 2.10 bits per heavy atom. The maximum absolute atomic E-state index is 12.9. The number of carbonyl (C=O) groups is 1. The third-order valence-corrected chi connectivity index (χ3v) is 2.64. The number of hydrogen-bond donors (Lipinski definition) is 1. The number of nitrogens with zero attached hydrogens (tertiary/aromatic N) is 2. The Morgan fingerprint density at radius 3 is 2.50 bits per heavy atom. The number of amides is 1. The van der Waals surface area contributed by atoms with Crippen molar-refractivity contribution < 1.29 is 22.7 Å². The highest BCUT2D eigenvalue weighted by atomic mass is 127. The lowest BCUT2D eigenvalue weighted by atomic mass is 10.2. The lowest BCUT2D eigenvalue weighted by Gasteiger charge is -2.25. The molecule has 0 aliphatic rings. The van der Waals surface area contributed by atoms with Gasteiger partial charge < -0.3 is 10.1 Å². The molecule has 1 atom stereocenters. The number of hydrogen-bond acceptors (Lipinski definition) is 3. The third-order valence-electron chi connectivity index (χ3n) is 2.06. The number of ether oxygens (including phenoxy) is 1. The van der Waals surface area contributed by atoms with E-state index in [1.54, 1.807) is 26.8 Å². The smallest absolute Gasteiger partial charge is 0.410 e. The van der Waals surface area contributed by atoms with Crippen molar-refractivity contribution in [2.45, 2.75) is 45.1 Å². The zero-order chi connectivity index (χ0) is 15.6. The summed E-state index contributed by atoms with van der Waals surface area (Å²) >= 11 is 1.89. The second kappa shape index (κ2) is 6.19. The summed E-state index contributed by atoms with van der Waals surface area (Å²) in [5.41, 5.74) is -0.860. The van der Waals surface area contributed by atoms with Crippen LogP contribution in [0.2, 0.25) is 0 Å². The van der Waals surface area contributed by atoms with Crippen LogP contribution >= 0.6 is 22.6 Å². The molecule has 0 bridgehead atoms. The fraction of sp³-hybridized carbons (Fsp3) is 0.636. The standard InChI is InChI=1S/C11H15F3IN3O2/c1-10(2,3)20-9(19)16-7(11(12,13)14)6-18-5-4-8(15)17-18/h4-5,7H,6H2,1-3H3,(H,16,19). The van der Waals surface area contributed by atoms with Crippen molar-refractivity contribution in [2.75, 3.05) is 0 Å². The molecule has 0 aromatic carbocycles. The summed E-state index contributed by atoms with van der Waals surface area (Å²) in [6.07, 6.45) is -4.28. The Labute approximate surface area is 128 Å². The predicted octanol–water partition coefficient (Wildman–Crippen LogP) is 2.94. The normalized spacial score (nSPS) is 13.9. The number of aromatic nitrogens is 2. The van der Waals surface area contributed by atoms with Gasteiger partial charge >= 0.3 is 12.3 Å². The molecule has 1 unspecified atom stereocenters. The van der Waals surface area contributed by atoms with Gasteiger partial charge in [0.1, 0.15) is 15.3 Å². The van der Waals surface area contributed by atoms with Gasteiger partial charge in [0, 0.05) is 6.20 Å². The van der Waals surface area contributed by atoms with Crippen LogP contribution < -0.4 is 5.32 Å². The Bertz CT molecular complexity index is 468. The molecular formula is C11H15F3IN3O2. The van der Waals surface area contributed by atoms with E-state index in [4.69, 9.17) is 4.74 Å². The van der Waals surface area contributed by atoms with Crippen LogP contribution in [0.15, 0.2) is 12.3 Å². The molecule has 5 nitrogen and oxygen atoms in total. The monoisotopic (exact) mass is 405 g/mol. The lowest BCUT2D eigenvalue weighted by Crippen LogP contribution is -2.49.